The fraction of sp³-hybridized carbons (Fsp3) is 0.148. The third-order valence-electron chi connectivity index (χ3n) is 6.43. The maximum atomic E-state index is 13.2. The van der Waals surface area contributed by atoms with Gasteiger partial charge in [-0.25, -0.2) is 8.42 Å². The first kappa shape index (κ1) is 23.9. The number of methoxy groups -OCH3 is 1. The Bertz CT molecular complexity index is 1760. The molecule has 1 aliphatic rings. The van der Waals surface area contributed by atoms with Crippen LogP contribution in [0, 0.1) is 0 Å². The van der Waals surface area contributed by atoms with Crippen molar-refractivity contribution in [3.05, 3.63) is 89.5 Å². The number of nitrogens with zero attached hydrogens (tertiary/aromatic N) is 3. The Morgan fingerprint density at radius 3 is 2.55 bits per heavy atom. The van der Waals surface area contributed by atoms with Crippen LogP contribution < -0.4 is 10.1 Å². The number of fused-ring (bicyclic) bond motifs is 2. The second kappa shape index (κ2) is 9.43. The molecule has 3 aromatic carbocycles. The SMILES string of the molecule is COc1cccc2cc(-c3nnc(NC(=O)c4ccc(S(=O)(=O)N5CCc6ccccc6C5)cc4)o3)oc12. The summed E-state index contributed by atoms with van der Waals surface area (Å²) in [5, 5.41) is 11.1. The Morgan fingerprint density at radius 2 is 1.76 bits per heavy atom. The topological polar surface area (TPSA) is 128 Å². The molecule has 0 fully saturated rings. The van der Waals surface area contributed by atoms with Crippen LogP contribution in [-0.2, 0) is 23.0 Å². The number of sulfonamides is 1. The van der Waals surface area contributed by atoms with Crippen LogP contribution in [0.5, 0.6) is 5.75 Å². The molecule has 11 heteroatoms. The molecule has 0 spiro atoms. The van der Waals surface area contributed by atoms with E-state index in [0.717, 1.165) is 16.5 Å². The molecular formula is C27H22N4O6S. The van der Waals surface area contributed by atoms with Crippen LogP contribution in [0.2, 0.25) is 0 Å². The van der Waals surface area contributed by atoms with Crippen molar-refractivity contribution in [3.63, 3.8) is 0 Å². The molecule has 2 aromatic heterocycles. The molecule has 0 atom stereocenters. The minimum absolute atomic E-state index is 0.0862. The van der Waals surface area contributed by atoms with E-state index >= 15 is 0 Å². The van der Waals surface area contributed by atoms with Crippen molar-refractivity contribution < 1.29 is 26.8 Å². The van der Waals surface area contributed by atoms with Gasteiger partial charge in [0.25, 0.3) is 11.8 Å². The van der Waals surface area contributed by atoms with Gasteiger partial charge in [-0.05, 0) is 53.9 Å². The number of amides is 1. The first-order valence-electron chi connectivity index (χ1n) is 11.8. The van der Waals surface area contributed by atoms with Gasteiger partial charge < -0.3 is 13.6 Å². The number of anilines is 1. The van der Waals surface area contributed by atoms with Crippen molar-refractivity contribution in [2.45, 2.75) is 17.9 Å². The van der Waals surface area contributed by atoms with E-state index in [1.807, 2.05) is 36.4 Å². The van der Waals surface area contributed by atoms with E-state index in [1.165, 1.54) is 28.6 Å². The fourth-order valence-electron chi connectivity index (χ4n) is 4.45. The van der Waals surface area contributed by atoms with Gasteiger partial charge in [-0.2, -0.15) is 4.31 Å². The second-order valence-corrected chi connectivity index (χ2v) is 10.7. The lowest BCUT2D eigenvalue weighted by molar-refractivity contribution is 0.102. The summed E-state index contributed by atoms with van der Waals surface area (Å²) in [7, 11) is -2.16. The molecule has 0 saturated carbocycles. The van der Waals surface area contributed by atoms with Gasteiger partial charge in [-0.15, -0.1) is 5.10 Å². The summed E-state index contributed by atoms with van der Waals surface area (Å²) in [5.41, 5.74) is 2.94. The van der Waals surface area contributed by atoms with E-state index in [-0.39, 0.29) is 22.4 Å². The Morgan fingerprint density at radius 1 is 0.974 bits per heavy atom. The van der Waals surface area contributed by atoms with Crippen LogP contribution in [0.15, 0.2) is 86.5 Å². The smallest absolute Gasteiger partial charge is 0.322 e. The first-order chi connectivity index (χ1) is 18.4. The maximum absolute atomic E-state index is 13.2. The van der Waals surface area contributed by atoms with E-state index in [2.05, 4.69) is 15.5 Å². The monoisotopic (exact) mass is 530 g/mol. The average Bonchev–Trinajstić information content (AvgIpc) is 3.60. The molecule has 0 radical (unpaired) electrons. The number of hydrogen-bond acceptors (Lipinski definition) is 8. The molecule has 0 unspecified atom stereocenters. The third kappa shape index (κ3) is 4.31. The van der Waals surface area contributed by atoms with Crippen LogP contribution in [-0.4, -0.2) is 42.5 Å². The van der Waals surface area contributed by atoms with E-state index in [9.17, 15) is 13.2 Å². The highest BCUT2D eigenvalue weighted by molar-refractivity contribution is 7.89. The molecule has 3 heterocycles. The molecule has 5 aromatic rings. The summed E-state index contributed by atoms with van der Waals surface area (Å²) in [6, 6.07) is 20.6. The number of aromatic nitrogens is 2. The van der Waals surface area contributed by atoms with Crippen LogP contribution in [0.25, 0.3) is 22.6 Å². The van der Waals surface area contributed by atoms with E-state index in [1.54, 1.807) is 19.2 Å². The number of hydrogen-bond donors (Lipinski definition) is 1. The zero-order valence-electron chi connectivity index (χ0n) is 20.2. The fourth-order valence-corrected chi connectivity index (χ4v) is 5.87. The minimum atomic E-state index is -3.71. The number of carbonyl (C=O) groups is 1. The van der Waals surface area contributed by atoms with Crippen molar-refractivity contribution in [3.8, 4) is 17.4 Å². The van der Waals surface area contributed by atoms with Crippen LogP contribution in [0.4, 0.5) is 6.01 Å². The van der Waals surface area contributed by atoms with E-state index in [4.69, 9.17) is 13.6 Å². The number of carbonyl (C=O) groups excluding carboxylic acids is 1. The molecular weight excluding hydrogens is 508 g/mol. The van der Waals surface area contributed by atoms with Gasteiger partial charge in [0, 0.05) is 24.0 Å². The summed E-state index contributed by atoms with van der Waals surface area (Å²) in [6.07, 6.45) is 0.656. The van der Waals surface area contributed by atoms with Crippen molar-refractivity contribution >= 4 is 32.9 Å². The minimum Gasteiger partial charge on any atom is -0.493 e. The summed E-state index contributed by atoms with van der Waals surface area (Å²) < 4.78 is 44.5. The van der Waals surface area contributed by atoms with Gasteiger partial charge in [0.05, 0.1) is 12.0 Å². The lowest BCUT2D eigenvalue weighted by atomic mass is 10.0. The van der Waals surface area contributed by atoms with Crippen LogP contribution in [0.3, 0.4) is 0 Å². The van der Waals surface area contributed by atoms with Gasteiger partial charge in [-0.3, -0.25) is 10.1 Å². The Hall–Kier alpha value is -4.48. The van der Waals surface area contributed by atoms with Crippen molar-refractivity contribution in [1.29, 1.82) is 0 Å². The molecule has 0 aliphatic carbocycles. The van der Waals surface area contributed by atoms with Crippen LogP contribution in [0.1, 0.15) is 21.5 Å². The first-order valence-corrected chi connectivity index (χ1v) is 13.2. The normalized spacial score (nSPS) is 13.8. The highest BCUT2D eigenvalue weighted by Gasteiger charge is 2.28. The molecule has 1 amide bonds. The zero-order valence-corrected chi connectivity index (χ0v) is 21.1. The summed E-state index contributed by atoms with van der Waals surface area (Å²) in [4.78, 5) is 12.9. The van der Waals surface area contributed by atoms with Crippen molar-refractivity contribution in [1.82, 2.24) is 14.5 Å². The quantitative estimate of drug-likeness (QED) is 0.340. The predicted molar refractivity (Wildman–Crippen MR) is 138 cm³/mol. The van der Waals surface area contributed by atoms with Crippen LogP contribution >= 0.6 is 0 Å². The summed E-state index contributed by atoms with van der Waals surface area (Å²) in [6.45, 7) is 0.720. The number of ether oxygens (including phenoxy) is 1. The van der Waals surface area contributed by atoms with E-state index in [0.29, 0.717) is 36.6 Å². The highest BCUT2D eigenvalue weighted by atomic mass is 32.2. The largest absolute Gasteiger partial charge is 0.493 e. The second-order valence-electron chi connectivity index (χ2n) is 8.74. The highest BCUT2D eigenvalue weighted by Crippen LogP contribution is 2.33. The number of benzene rings is 3. The number of para-hydroxylation sites is 1. The summed E-state index contributed by atoms with van der Waals surface area (Å²) >= 11 is 0. The standard InChI is InChI=1S/C27H22N4O6S/c1-35-22-8-4-7-19-15-23(36-24(19)22)26-29-30-27(37-26)28-25(32)18-9-11-21(12-10-18)38(33,34)31-14-13-17-5-2-3-6-20(17)16-31/h2-12,15H,13-14,16H2,1H3,(H,28,30,32). The molecule has 0 bridgehead atoms. The third-order valence-corrected chi connectivity index (χ3v) is 8.29. The van der Waals surface area contributed by atoms with E-state index < -0.39 is 15.9 Å². The molecule has 1 N–H and O–H groups in total. The zero-order chi connectivity index (χ0) is 26.3. The van der Waals surface area contributed by atoms with Gasteiger partial charge >= 0.3 is 6.01 Å². The summed E-state index contributed by atoms with van der Waals surface area (Å²) in [5.74, 6) is 0.454. The Kier molecular flexibility index (Phi) is 5.93. The predicted octanol–water partition coefficient (Wildman–Crippen LogP) is 4.49. The Labute approximate surface area is 217 Å². The van der Waals surface area contributed by atoms with Gasteiger partial charge in [0.2, 0.25) is 10.0 Å². The number of furan rings is 1. The van der Waals surface area contributed by atoms with Gasteiger partial charge in [-0.1, -0.05) is 41.5 Å². The van der Waals surface area contributed by atoms with Crippen molar-refractivity contribution in [2.75, 3.05) is 19.0 Å². The average molecular weight is 531 g/mol. The number of rotatable bonds is 6. The Balaban J connectivity index is 1.15. The molecule has 1 aliphatic heterocycles. The van der Waals surface area contributed by atoms with Crippen molar-refractivity contribution in [2.24, 2.45) is 0 Å². The maximum Gasteiger partial charge on any atom is 0.322 e. The lowest BCUT2D eigenvalue weighted by Crippen LogP contribution is -2.35. The molecule has 6 rings (SSSR count). The molecule has 192 valence electrons. The molecule has 0 saturated heterocycles. The number of nitrogens with one attached hydrogen (secondary N) is 1. The molecule has 38 heavy (non-hydrogen) atoms. The van der Waals surface area contributed by atoms with Gasteiger partial charge in [0.15, 0.2) is 17.1 Å². The molecule has 10 nitrogen and oxygen atoms in total. The van der Waals surface area contributed by atoms with Gasteiger partial charge in [0.1, 0.15) is 0 Å². The lowest BCUT2D eigenvalue weighted by Gasteiger charge is -2.28.